The first-order valence-electron chi connectivity index (χ1n) is 8.61. The summed E-state index contributed by atoms with van der Waals surface area (Å²) >= 11 is 4.82. The van der Waals surface area contributed by atoms with Crippen LogP contribution >= 0.6 is 27.7 Å². The minimum Gasteiger partial charge on any atom is -0.352 e. The van der Waals surface area contributed by atoms with Gasteiger partial charge in [-0.15, -0.1) is 10.2 Å². The normalized spacial score (nSPS) is 14.7. The summed E-state index contributed by atoms with van der Waals surface area (Å²) in [5.74, 6) is 6.78. The van der Waals surface area contributed by atoms with E-state index in [0.29, 0.717) is 11.0 Å². The lowest BCUT2D eigenvalue weighted by atomic mass is 10.1. The Balaban J connectivity index is 1.63. The largest absolute Gasteiger partial charge is 0.352 e. The number of nitrogens with zero attached hydrogens (tertiary/aromatic N) is 3. The van der Waals surface area contributed by atoms with E-state index in [0.717, 1.165) is 28.4 Å². The van der Waals surface area contributed by atoms with Crippen molar-refractivity contribution in [3.05, 3.63) is 64.6 Å². The molecule has 1 amide bonds. The summed E-state index contributed by atoms with van der Waals surface area (Å²) in [6.45, 7) is 0. The summed E-state index contributed by atoms with van der Waals surface area (Å²) in [7, 11) is 0. The fourth-order valence-corrected chi connectivity index (χ4v) is 4.12. The molecule has 0 saturated heterocycles. The molecule has 1 fully saturated rings. The second-order valence-corrected chi connectivity index (χ2v) is 8.27. The molecule has 0 radical (unpaired) electrons. The van der Waals surface area contributed by atoms with E-state index in [9.17, 15) is 4.79 Å². The first kappa shape index (κ1) is 18.1. The first-order chi connectivity index (χ1) is 13.1. The van der Waals surface area contributed by atoms with Crippen molar-refractivity contribution in [1.82, 2.24) is 20.2 Å². The van der Waals surface area contributed by atoms with E-state index in [2.05, 4.69) is 31.4 Å². The topological polar surface area (TPSA) is 85.8 Å². The monoisotopic (exact) mass is 443 g/mol. The van der Waals surface area contributed by atoms with Gasteiger partial charge in [0.05, 0.1) is 0 Å². The zero-order chi connectivity index (χ0) is 18.8. The second-order valence-electron chi connectivity index (χ2n) is 6.35. The number of thioether (sulfide) groups is 1. The van der Waals surface area contributed by atoms with Gasteiger partial charge < -0.3 is 11.2 Å². The van der Waals surface area contributed by atoms with Crippen LogP contribution in [0.5, 0.6) is 0 Å². The zero-order valence-electron chi connectivity index (χ0n) is 14.4. The number of nitrogen functional groups attached to an aromatic ring is 1. The summed E-state index contributed by atoms with van der Waals surface area (Å²) in [4.78, 5) is 12.8. The number of halogens is 1. The molecule has 3 aromatic rings. The van der Waals surface area contributed by atoms with E-state index in [4.69, 9.17) is 5.84 Å². The van der Waals surface area contributed by atoms with Gasteiger partial charge in [-0.25, -0.2) is 4.68 Å². The number of benzene rings is 2. The molecule has 0 spiro atoms. The molecule has 1 aromatic heterocycles. The van der Waals surface area contributed by atoms with Crippen LogP contribution in [0.1, 0.15) is 23.7 Å². The Morgan fingerprint density at radius 2 is 1.85 bits per heavy atom. The number of hydrogen-bond acceptors (Lipinski definition) is 5. The van der Waals surface area contributed by atoms with Crippen molar-refractivity contribution in [2.45, 2.75) is 29.3 Å². The molecule has 0 aliphatic heterocycles. The zero-order valence-corrected chi connectivity index (χ0v) is 16.8. The van der Waals surface area contributed by atoms with Gasteiger partial charge in [0, 0.05) is 16.1 Å². The van der Waals surface area contributed by atoms with Gasteiger partial charge in [-0.3, -0.25) is 4.79 Å². The number of nitrogens with one attached hydrogen (secondary N) is 1. The van der Waals surface area contributed by atoms with Crippen LogP contribution in [0.25, 0.3) is 11.4 Å². The number of nitrogens with two attached hydrogens (primary N) is 1. The van der Waals surface area contributed by atoms with Gasteiger partial charge in [0.2, 0.25) is 11.1 Å². The molecule has 138 valence electrons. The molecule has 1 unspecified atom stereocenters. The molecule has 1 heterocycles. The summed E-state index contributed by atoms with van der Waals surface area (Å²) in [6.07, 6.45) is 2.08. The van der Waals surface area contributed by atoms with Gasteiger partial charge in [-0.2, -0.15) is 0 Å². The number of carbonyl (C=O) groups excluding carboxylic acids is 1. The van der Waals surface area contributed by atoms with E-state index >= 15 is 0 Å². The maximum absolute atomic E-state index is 12.8. The molecule has 1 aliphatic rings. The number of carbonyl (C=O) groups is 1. The Morgan fingerprint density at radius 3 is 2.56 bits per heavy atom. The van der Waals surface area contributed by atoms with Gasteiger partial charge in [-0.05, 0) is 30.5 Å². The minimum absolute atomic E-state index is 0.0286. The minimum atomic E-state index is -0.439. The number of rotatable bonds is 6. The predicted octanol–water partition coefficient (Wildman–Crippen LogP) is 3.53. The van der Waals surface area contributed by atoms with E-state index in [1.807, 2.05) is 54.6 Å². The molecular weight excluding hydrogens is 426 g/mol. The van der Waals surface area contributed by atoms with E-state index < -0.39 is 5.25 Å². The molecule has 1 saturated carbocycles. The average Bonchev–Trinajstić information content (AvgIpc) is 3.42. The Kier molecular flexibility index (Phi) is 5.18. The fraction of sp³-hybridized carbons (Fsp3) is 0.211. The molecule has 4 rings (SSSR count). The highest BCUT2D eigenvalue weighted by molar-refractivity contribution is 9.10. The maximum atomic E-state index is 12.8. The van der Waals surface area contributed by atoms with Crippen molar-refractivity contribution in [2.75, 3.05) is 5.84 Å². The standard InChI is InChI=1S/C19H18BrN5OS/c20-15-9-5-4-8-14(15)17-23-24-19(25(17)21)27-16(12-6-2-1-3-7-12)18(26)22-13-10-11-13/h1-9,13,16H,10-11,21H2,(H,22,26). The Hall–Kier alpha value is -2.32. The Labute approximate surface area is 169 Å². The third-order valence-corrected chi connectivity index (χ3v) is 6.17. The van der Waals surface area contributed by atoms with Crippen LogP contribution < -0.4 is 11.2 Å². The molecule has 1 aliphatic carbocycles. The summed E-state index contributed by atoms with van der Waals surface area (Å²) < 4.78 is 2.32. The quantitative estimate of drug-likeness (QED) is 0.449. The highest BCUT2D eigenvalue weighted by Gasteiger charge is 2.30. The van der Waals surface area contributed by atoms with Crippen molar-refractivity contribution in [1.29, 1.82) is 0 Å². The fourth-order valence-electron chi connectivity index (χ4n) is 2.69. The SMILES string of the molecule is Nn1c(SC(C(=O)NC2CC2)c2ccccc2)nnc1-c1ccccc1Br. The van der Waals surface area contributed by atoms with Crippen LogP contribution in [0.4, 0.5) is 0 Å². The molecule has 3 N–H and O–H groups in total. The third-order valence-electron chi connectivity index (χ3n) is 4.27. The van der Waals surface area contributed by atoms with Crippen LogP contribution in [0.15, 0.2) is 64.2 Å². The lowest BCUT2D eigenvalue weighted by molar-refractivity contribution is -0.120. The molecule has 27 heavy (non-hydrogen) atoms. The molecule has 0 bridgehead atoms. The molecule has 1 atom stereocenters. The van der Waals surface area contributed by atoms with E-state index in [1.54, 1.807) is 0 Å². The smallest absolute Gasteiger partial charge is 0.238 e. The van der Waals surface area contributed by atoms with Crippen LogP contribution in [-0.2, 0) is 4.79 Å². The summed E-state index contributed by atoms with van der Waals surface area (Å²) in [5.41, 5.74) is 1.75. The summed E-state index contributed by atoms with van der Waals surface area (Å²) in [5, 5.41) is 11.6. The van der Waals surface area contributed by atoms with E-state index in [-0.39, 0.29) is 11.9 Å². The predicted molar refractivity (Wildman–Crippen MR) is 110 cm³/mol. The van der Waals surface area contributed by atoms with Gasteiger partial charge in [0.15, 0.2) is 5.82 Å². The van der Waals surface area contributed by atoms with Crippen LogP contribution in [0.2, 0.25) is 0 Å². The number of amides is 1. The second kappa shape index (κ2) is 7.74. The number of hydrogen-bond donors (Lipinski definition) is 2. The van der Waals surface area contributed by atoms with Crippen LogP contribution in [0.3, 0.4) is 0 Å². The van der Waals surface area contributed by atoms with Crippen molar-refractivity contribution in [2.24, 2.45) is 0 Å². The van der Waals surface area contributed by atoms with Gasteiger partial charge in [0.25, 0.3) is 0 Å². The van der Waals surface area contributed by atoms with Crippen molar-refractivity contribution >= 4 is 33.6 Å². The van der Waals surface area contributed by atoms with E-state index in [1.165, 1.54) is 16.4 Å². The molecule has 8 heteroatoms. The van der Waals surface area contributed by atoms with Gasteiger partial charge in [-0.1, -0.05) is 70.2 Å². The van der Waals surface area contributed by atoms with Crippen LogP contribution in [0, 0.1) is 0 Å². The molecular formula is C19H18BrN5OS. The molecule has 6 nitrogen and oxygen atoms in total. The third kappa shape index (κ3) is 4.01. The summed E-state index contributed by atoms with van der Waals surface area (Å²) in [6, 6.07) is 17.6. The van der Waals surface area contributed by atoms with Crippen molar-refractivity contribution in [3.8, 4) is 11.4 Å². The highest BCUT2D eigenvalue weighted by atomic mass is 79.9. The average molecular weight is 444 g/mol. The highest BCUT2D eigenvalue weighted by Crippen LogP contribution is 2.36. The lowest BCUT2D eigenvalue weighted by Gasteiger charge is -2.16. The Morgan fingerprint density at radius 1 is 1.15 bits per heavy atom. The van der Waals surface area contributed by atoms with Crippen molar-refractivity contribution in [3.63, 3.8) is 0 Å². The van der Waals surface area contributed by atoms with Gasteiger partial charge in [0.1, 0.15) is 5.25 Å². The van der Waals surface area contributed by atoms with Crippen LogP contribution in [-0.4, -0.2) is 26.8 Å². The first-order valence-corrected chi connectivity index (χ1v) is 10.3. The Bertz CT molecular complexity index is 958. The van der Waals surface area contributed by atoms with Crippen molar-refractivity contribution < 1.29 is 4.79 Å². The lowest BCUT2D eigenvalue weighted by Crippen LogP contribution is -2.30. The maximum Gasteiger partial charge on any atom is 0.238 e. The molecule has 2 aromatic carbocycles. The van der Waals surface area contributed by atoms with Gasteiger partial charge >= 0.3 is 0 Å². The number of aromatic nitrogens is 3.